The summed E-state index contributed by atoms with van der Waals surface area (Å²) in [7, 11) is 0. The first kappa shape index (κ1) is 7.41. The molecule has 0 unspecified atom stereocenters. The van der Waals surface area contributed by atoms with Crippen LogP contribution in [0, 0.1) is 13.8 Å². The van der Waals surface area contributed by atoms with Crippen molar-refractivity contribution in [3.63, 3.8) is 0 Å². The van der Waals surface area contributed by atoms with Gasteiger partial charge in [-0.1, -0.05) is 11.3 Å². The molecular formula is C7H10N2S. The Morgan fingerprint density at radius 2 is 2.20 bits per heavy atom. The van der Waals surface area contributed by atoms with E-state index in [0.29, 0.717) is 0 Å². The molecule has 0 aliphatic heterocycles. The van der Waals surface area contributed by atoms with E-state index in [1.54, 1.807) is 17.6 Å². The quantitative estimate of drug-likeness (QED) is 0.570. The Bertz CT molecular complexity index is 250. The molecule has 0 fully saturated rings. The van der Waals surface area contributed by atoms with E-state index in [2.05, 4.69) is 9.98 Å². The van der Waals surface area contributed by atoms with Gasteiger partial charge in [-0.05, 0) is 20.8 Å². The molecule has 0 saturated heterocycles. The van der Waals surface area contributed by atoms with Crippen LogP contribution in [-0.4, -0.2) is 11.2 Å². The summed E-state index contributed by atoms with van der Waals surface area (Å²) in [6.07, 6.45) is 1.79. The van der Waals surface area contributed by atoms with Gasteiger partial charge in [0.15, 0.2) is 0 Å². The number of nitrogens with zero attached hydrogens (tertiary/aromatic N) is 2. The van der Waals surface area contributed by atoms with E-state index in [-0.39, 0.29) is 0 Å². The van der Waals surface area contributed by atoms with Crippen molar-refractivity contribution < 1.29 is 0 Å². The third kappa shape index (κ3) is 1.42. The van der Waals surface area contributed by atoms with E-state index in [1.165, 1.54) is 0 Å². The van der Waals surface area contributed by atoms with Crippen molar-refractivity contribution in [3.8, 4) is 0 Å². The molecule has 10 heavy (non-hydrogen) atoms. The maximum absolute atomic E-state index is 4.23. The van der Waals surface area contributed by atoms with Crippen LogP contribution in [0.5, 0.6) is 0 Å². The Hall–Kier alpha value is -0.700. The summed E-state index contributed by atoms with van der Waals surface area (Å²) in [5.41, 5.74) is 1.03. The standard InChI is InChI=1S/C7H10N2S/c1-4-8-7-5(2)9-6(3)10-7/h4H,1-3H3/b8-4-. The van der Waals surface area contributed by atoms with Gasteiger partial charge in [-0.2, -0.15) is 0 Å². The van der Waals surface area contributed by atoms with Crippen molar-refractivity contribution in [2.45, 2.75) is 20.8 Å². The van der Waals surface area contributed by atoms with Crippen LogP contribution in [0.25, 0.3) is 0 Å². The Morgan fingerprint density at radius 3 is 2.60 bits per heavy atom. The fourth-order valence-electron chi connectivity index (χ4n) is 0.758. The monoisotopic (exact) mass is 154 g/mol. The second-order valence-corrected chi connectivity index (χ2v) is 3.19. The highest BCUT2D eigenvalue weighted by Gasteiger charge is 1.99. The molecule has 0 amide bonds. The normalized spacial score (nSPS) is 11.1. The van der Waals surface area contributed by atoms with Crippen molar-refractivity contribution in [1.29, 1.82) is 0 Å². The third-order valence-electron chi connectivity index (χ3n) is 1.13. The minimum Gasteiger partial charge on any atom is -0.249 e. The van der Waals surface area contributed by atoms with Gasteiger partial charge >= 0.3 is 0 Å². The smallest absolute Gasteiger partial charge is 0.138 e. The van der Waals surface area contributed by atoms with Crippen molar-refractivity contribution in [3.05, 3.63) is 10.7 Å². The van der Waals surface area contributed by atoms with Gasteiger partial charge in [-0.25, -0.2) is 9.98 Å². The summed E-state index contributed by atoms with van der Waals surface area (Å²) in [6, 6.07) is 0. The topological polar surface area (TPSA) is 25.2 Å². The highest BCUT2D eigenvalue weighted by Crippen LogP contribution is 2.25. The number of thiazole rings is 1. The van der Waals surface area contributed by atoms with Gasteiger partial charge < -0.3 is 0 Å². The predicted octanol–water partition coefficient (Wildman–Crippen LogP) is 2.48. The summed E-state index contributed by atoms with van der Waals surface area (Å²) in [6.45, 7) is 5.88. The number of rotatable bonds is 1. The summed E-state index contributed by atoms with van der Waals surface area (Å²) in [4.78, 5) is 8.39. The van der Waals surface area contributed by atoms with E-state index >= 15 is 0 Å². The van der Waals surface area contributed by atoms with Gasteiger partial charge in [0.1, 0.15) is 5.00 Å². The zero-order valence-corrected chi connectivity index (χ0v) is 7.20. The van der Waals surface area contributed by atoms with Crippen LogP contribution < -0.4 is 0 Å². The number of aromatic nitrogens is 1. The zero-order valence-electron chi connectivity index (χ0n) is 6.38. The Balaban J connectivity index is 3.03. The molecule has 0 spiro atoms. The van der Waals surface area contributed by atoms with E-state index in [4.69, 9.17) is 0 Å². The molecule has 2 nitrogen and oxygen atoms in total. The van der Waals surface area contributed by atoms with E-state index in [1.807, 2.05) is 20.8 Å². The zero-order chi connectivity index (χ0) is 7.56. The molecule has 0 atom stereocenters. The first-order valence-corrected chi connectivity index (χ1v) is 3.98. The fraction of sp³-hybridized carbons (Fsp3) is 0.429. The minimum absolute atomic E-state index is 1.03. The first-order chi connectivity index (χ1) is 4.74. The average molecular weight is 154 g/mol. The van der Waals surface area contributed by atoms with Gasteiger partial charge in [0.2, 0.25) is 0 Å². The molecule has 1 heterocycles. The molecule has 0 aromatic carbocycles. The van der Waals surface area contributed by atoms with E-state index in [0.717, 1.165) is 15.7 Å². The lowest BCUT2D eigenvalue weighted by Gasteiger charge is -1.82. The van der Waals surface area contributed by atoms with Crippen LogP contribution in [0.4, 0.5) is 5.00 Å². The molecule has 0 bridgehead atoms. The average Bonchev–Trinajstić information content (AvgIpc) is 2.13. The van der Waals surface area contributed by atoms with Gasteiger partial charge in [-0.3, -0.25) is 0 Å². The molecule has 0 N–H and O–H groups in total. The van der Waals surface area contributed by atoms with Crippen LogP contribution in [0.2, 0.25) is 0 Å². The molecule has 54 valence electrons. The van der Waals surface area contributed by atoms with Crippen molar-refractivity contribution in [1.82, 2.24) is 4.98 Å². The SMILES string of the molecule is C/C=N\c1sc(C)nc1C. The molecule has 1 aromatic rings. The third-order valence-corrected chi connectivity index (χ3v) is 2.11. The van der Waals surface area contributed by atoms with Crippen LogP contribution in [0.1, 0.15) is 17.6 Å². The lowest BCUT2D eigenvalue weighted by atomic mass is 10.5. The lowest BCUT2D eigenvalue weighted by molar-refractivity contribution is 1.19. The van der Waals surface area contributed by atoms with Crippen LogP contribution in [0.15, 0.2) is 4.99 Å². The number of hydrogen-bond donors (Lipinski definition) is 0. The highest BCUT2D eigenvalue weighted by molar-refractivity contribution is 7.15. The van der Waals surface area contributed by atoms with Crippen molar-refractivity contribution >= 4 is 22.6 Å². The molecule has 0 radical (unpaired) electrons. The maximum atomic E-state index is 4.23. The fourth-order valence-corrected chi connectivity index (χ4v) is 1.57. The summed E-state index contributed by atoms with van der Waals surface area (Å²) in [5, 5.41) is 2.11. The molecule has 0 aliphatic carbocycles. The van der Waals surface area contributed by atoms with Crippen molar-refractivity contribution in [2.75, 3.05) is 0 Å². The summed E-state index contributed by atoms with van der Waals surface area (Å²) >= 11 is 1.63. The first-order valence-electron chi connectivity index (χ1n) is 3.16. The largest absolute Gasteiger partial charge is 0.249 e. The molecule has 1 rings (SSSR count). The van der Waals surface area contributed by atoms with Gasteiger partial charge in [0, 0.05) is 6.21 Å². The Labute approximate surface area is 64.6 Å². The van der Waals surface area contributed by atoms with Gasteiger partial charge in [-0.15, -0.1) is 0 Å². The molecule has 0 aliphatic rings. The molecular weight excluding hydrogens is 144 g/mol. The van der Waals surface area contributed by atoms with Crippen molar-refractivity contribution in [2.24, 2.45) is 4.99 Å². The Morgan fingerprint density at radius 1 is 1.50 bits per heavy atom. The summed E-state index contributed by atoms with van der Waals surface area (Å²) < 4.78 is 0. The predicted molar refractivity (Wildman–Crippen MR) is 45.4 cm³/mol. The van der Waals surface area contributed by atoms with Crippen LogP contribution in [-0.2, 0) is 0 Å². The Kier molecular flexibility index (Phi) is 2.17. The minimum atomic E-state index is 1.03. The van der Waals surface area contributed by atoms with E-state index in [9.17, 15) is 0 Å². The van der Waals surface area contributed by atoms with E-state index < -0.39 is 0 Å². The molecule has 0 saturated carbocycles. The molecule has 3 heteroatoms. The highest BCUT2D eigenvalue weighted by atomic mass is 32.1. The van der Waals surface area contributed by atoms with Crippen LogP contribution >= 0.6 is 11.3 Å². The second-order valence-electron chi connectivity index (χ2n) is 2.01. The number of hydrogen-bond acceptors (Lipinski definition) is 3. The van der Waals surface area contributed by atoms with Gasteiger partial charge in [0.05, 0.1) is 10.7 Å². The number of aliphatic imine (C=N–C) groups is 1. The molecule has 1 aromatic heterocycles. The lowest BCUT2D eigenvalue weighted by Crippen LogP contribution is -1.69. The van der Waals surface area contributed by atoms with Gasteiger partial charge in [0.25, 0.3) is 0 Å². The maximum Gasteiger partial charge on any atom is 0.138 e. The van der Waals surface area contributed by atoms with Crippen LogP contribution in [0.3, 0.4) is 0 Å². The second kappa shape index (κ2) is 2.92. The number of aryl methyl sites for hydroxylation is 2. The summed E-state index contributed by atoms with van der Waals surface area (Å²) in [5.74, 6) is 0.